The molecule has 1 aliphatic rings. The minimum Gasteiger partial charge on any atom is -0.481 e. The fourth-order valence-corrected chi connectivity index (χ4v) is 2.06. The smallest absolute Gasteiger partial charge is 0.306 e. The predicted molar refractivity (Wildman–Crippen MR) is 68.7 cm³/mol. The molecule has 2 rings (SSSR count). The van der Waals surface area contributed by atoms with Gasteiger partial charge in [-0.2, -0.15) is 0 Å². The number of benzene rings is 1. The number of ether oxygens (including phenoxy) is 1. The average Bonchev–Trinajstić information content (AvgIpc) is 2.36. The van der Waals surface area contributed by atoms with Gasteiger partial charge in [-0.1, -0.05) is 0 Å². The second-order valence-electron chi connectivity index (χ2n) is 5.05. The summed E-state index contributed by atoms with van der Waals surface area (Å²) in [7, 11) is 0. The van der Waals surface area contributed by atoms with Gasteiger partial charge in [-0.15, -0.1) is 0 Å². The van der Waals surface area contributed by atoms with Crippen LogP contribution in [0.5, 0.6) is 5.75 Å². The van der Waals surface area contributed by atoms with Crippen LogP contribution >= 0.6 is 0 Å². The number of rotatable bonds is 5. The highest BCUT2D eigenvalue weighted by atomic mass is 19.2. The summed E-state index contributed by atoms with van der Waals surface area (Å²) in [6.45, 7) is 1.48. The first kappa shape index (κ1) is 15.2. The fraction of sp³-hybridized carbons (Fsp3) is 0.429. The van der Waals surface area contributed by atoms with Crippen LogP contribution in [0.15, 0.2) is 18.2 Å². The van der Waals surface area contributed by atoms with Gasteiger partial charge < -0.3 is 15.2 Å². The van der Waals surface area contributed by atoms with E-state index in [0.29, 0.717) is 12.8 Å². The molecule has 0 spiro atoms. The van der Waals surface area contributed by atoms with Crippen molar-refractivity contribution in [3.63, 3.8) is 0 Å². The lowest BCUT2D eigenvalue weighted by Gasteiger charge is -2.33. The van der Waals surface area contributed by atoms with Gasteiger partial charge in [0.05, 0.1) is 5.92 Å². The largest absolute Gasteiger partial charge is 0.481 e. The quantitative estimate of drug-likeness (QED) is 0.868. The van der Waals surface area contributed by atoms with E-state index in [9.17, 15) is 18.4 Å². The van der Waals surface area contributed by atoms with Crippen LogP contribution in [0.2, 0.25) is 0 Å². The van der Waals surface area contributed by atoms with Crippen molar-refractivity contribution in [3.8, 4) is 5.75 Å². The number of halogens is 2. The number of carboxylic acid groups (broad SMARTS) is 1. The Morgan fingerprint density at radius 1 is 1.33 bits per heavy atom. The van der Waals surface area contributed by atoms with Gasteiger partial charge in [0, 0.05) is 12.1 Å². The van der Waals surface area contributed by atoms with Crippen molar-refractivity contribution < 1.29 is 28.2 Å². The van der Waals surface area contributed by atoms with Gasteiger partial charge >= 0.3 is 5.97 Å². The number of hydrogen-bond donors (Lipinski definition) is 2. The first-order chi connectivity index (χ1) is 9.86. The van der Waals surface area contributed by atoms with E-state index in [4.69, 9.17) is 9.84 Å². The van der Waals surface area contributed by atoms with Crippen LogP contribution in [0.25, 0.3) is 0 Å². The summed E-state index contributed by atoms with van der Waals surface area (Å²) >= 11 is 0. The molecule has 1 amide bonds. The Morgan fingerprint density at radius 2 is 2.00 bits per heavy atom. The molecule has 0 aromatic heterocycles. The number of amides is 1. The molecular weight excluding hydrogens is 284 g/mol. The molecule has 0 heterocycles. The Morgan fingerprint density at radius 3 is 2.57 bits per heavy atom. The van der Waals surface area contributed by atoms with Crippen LogP contribution in [0.3, 0.4) is 0 Å². The summed E-state index contributed by atoms with van der Waals surface area (Å²) < 4.78 is 31.0. The number of aliphatic carboxylic acids is 1. The number of hydrogen-bond acceptors (Lipinski definition) is 3. The zero-order valence-corrected chi connectivity index (χ0v) is 11.3. The van der Waals surface area contributed by atoms with Crippen molar-refractivity contribution in [2.75, 3.05) is 0 Å². The monoisotopic (exact) mass is 299 g/mol. The zero-order valence-electron chi connectivity index (χ0n) is 11.3. The highest BCUT2D eigenvalue weighted by Crippen LogP contribution is 2.27. The van der Waals surface area contributed by atoms with Crippen LogP contribution in [-0.2, 0) is 9.59 Å². The standard InChI is InChI=1S/C14H15F2NO4/c1-7(21-10-2-3-11(15)12(16)6-10)13(18)17-9-4-8(5-9)14(19)20/h2-3,6-9H,4-5H2,1H3,(H,17,18)(H,19,20). The van der Waals surface area contributed by atoms with Crippen molar-refractivity contribution in [1.29, 1.82) is 0 Å². The lowest BCUT2D eigenvalue weighted by molar-refractivity contribution is -0.146. The third kappa shape index (κ3) is 3.68. The molecule has 0 saturated heterocycles. The third-order valence-electron chi connectivity index (χ3n) is 3.41. The van der Waals surface area contributed by atoms with Gasteiger partial charge in [0.1, 0.15) is 5.75 Å². The van der Waals surface area contributed by atoms with Gasteiger partial charge in [0.15, 0.2) is 17.7 Å². The Hall–Kier alpha value is -2.18. The molecule has 1 aromatic rings. The van der Waals surface area contributed by atoms with Crippen molar-refractivity contribution in [2.24, 2.45) is 5.92 Å². The van der Waals surface area contributed by atoms with Crippen LogP contribution in [0.4, 0.5) is 8.78 Å². The van der Waals surface area contributed by atoms with E-state index in [0.717, 1.165) is 12.1 Å². The maximum absolute atomic E-state index is 13.0. The van der Waals surface area contributed by atoms with Gasteiger partial charge in [-0.25, -0.2) is 8.78 Å². The molecule has 7 heteroatoms. The highest BCUT2D eigenvalue weighted by Gasteiger charge is 2.36. The molecule has 1 fully saturated rings. The second kappa shape index (κ2) is 6.07. The topological polar surface area (TPSA) is 75.6 Å². The molecule has 1 unspecified atom stereocenters. The summed E-state index contributed by atoms with van der Waals surface area (Å²) in [4.78, 5) is 22.5. The van der Waals surface area contributed by atoms with E-state index in [1.807, 2.05) is 0 Å². The lowest BCUT2D eigenvalue weighted by atomic mass is 9.80. The van der Waals surface area contributed by atoms with Crippen LogP contribution < -0.4 is 10.1 Å². The van der Waals surface area contributed by atoms with Gasteiger partial charge in [-0.3, -0.25) is 9.59 Å². The molecular formula is C14H15F2NO4. The summed E-state index contributed by atoms with van der Waals surface area (Å²) in [5.41, 5.74) is 0. The third-order valence-corrected chi connectivity index (χ3v) is 3.41. The first-order valence-electron chi connectivity index (χ1n) is 6.51. The molecule has 5 nitrogen and oxygen atoms in total. The lowest BCUT2D eigenvalue weighted by Crippen LogP contribution is -2.50. The molecule has 21 heavy (non-hydrogen) atoms. The Kier molecular flexibility index (Phi) is 4.40. The molecule has 0 radical (unpaired) electrons. The van der Waals surface area contributed by atoms with E-state index in [1.165, 1.54) is 13.0 Å². The number of carbonyl (C=O) groups is 2. The van der Waals surface area contributed by atoms with Crippen LogP contribution in [0.1, 0.15) is 19.8 Å². The maximum Gasteiger partial charge on any atom is 0.306 e. The van der Waals surface area contributed by atoms with Crippen molar-refractivity contribution >= 4 is 11.9 Å². The summed E-state index contributed by atoms with van der Waals surface area (Å²) in [6, 6.07) is 2.82. The normalized spacial score (nSPS) is 22.0. The van der Waals surface area contributed by atoms with Crippen molar-refractivity contribution in [3.05, 3.63) is 29.8 Å². The summed E-state index contributed by atoms with van der Waals surface area (Å²) in [5, 5.41) is 11.4. The summed E-state index contributed by atoms with van der Waals surface area (Å²) in [5.74, 6) is -3.71. The second-order valence-corrected chi connectivity index (χ2v) is 5.05. The van der Waals surface area contributed by atoms with E-state index in [-0.39, 0.29) is 11.8 Å². The molecule has 1 atom stereocenters. The zero-order chi connectivity index (χ0) is 15.6. The number of nitrogens with one attached hydrogen (secondary N) is 1. The average molecular weight is 299 g/mol. The van der Waals surface area contributed by atoms with Gasteiger partial charge in [0.25, 0.3) is 5.91 Å². The number of carbonyl (C=O) groups excluding carboxylic acids is 1. The molecule has 1 aromatic carbocycles. The van der Waals surface area contributed by atoms with Crippen molar-refractivity contribution in [2.45, 2.75) is 31.9 Å². The minimum absolute atomic E-state index is 0.0496. The molecule has 1 saturated carbocycles. The highest BCUT2D eigenvalue weighted by molar-refractivity contribution is 5.81. The molecule has 0 aliphatic heterocycles. The van der Waals surface area contributed by atoms with Crippen molar-refractivity contribution in [1.82, 2.24) is 5.32 Å². The molecule has 0 bridgehead atoms. The Balaban J connectivity index is 1.83. The fourth-order valence-electron chi connectivity index (χ4n) is 2.06. The van der Waals surface area contributed by atoms with E-state index in [2.05, 4.69) is 5.32 Å². The first-order valence-corrected chi connectivity index (χ1v) is 6.51. The Bertz CT molecular complexity index is 558. The van der Waals surface area contributed by atoms with Gasteiger partial charge in [-0.05, 0) is 31.9 Å². The molecule has 1 aliphatic carbocycles. The molecule has 114 valence electrons. The minimum atomic E-state index is -1.05. The predicted octanol–water partition coefficient (Wildman–Crippen LogP) is 1.71. The van der Waals surface area contributed by atoms with E-state index < -0.39 is 35.5 Å². The Labute approximate surface area is 119 Å². The van der Waals surface area contributed by atoms with Crippen LogP contribution in [-0.4, -0.2) is 29.1 Å². The van der Waals surface area contributed by atoms with E-state index >= 15 is 0 Å². The van der Waals surface area contributed by atoms with E-state index in [1.54, 1.807) is 0 Å². The number of carboxylic acids is 1. The summed E-state index contributed by atoms with van der Waals surface area (Å²) in [6.07, 6.45) is -0.114. The van der Waals surface area contributed by atoms with Crippen LogP contribution in [0, 0.1) is 17.6 Å². The SMILES string of the molecule is CC(Oc1ccc(F)c(F)c1)C(=O)NC1CC(C(=O)O)C1. The maximum atomic E-state index is 13.0. The van der Waals surface area contributed by atoms with Gasteiger partial charge in [0.2, 0.25) is 0 Å². The molecule has 2 N–H and O–H groups in total.